The van der Waals surface area contributed by atoms with Gasteiger partial charge in [0.1, 0.15) is 5.01 Å². The number of nitrogens with zero attached hydrogens (tertiary/aromatic N) is 1. The number of hydrogen-bond acceptors (Lipinski definition) is 3. The minimum Gasteiger partial charge on any atom is -0.309 e. The summed E-state index contributed by atoms with van der Waals surface area (Å²) >= 11 is 7.74. The van der Waals surface area contributed by atoms with Crippen LogP contribution in [0.1, 0.15) is 18.9 Å². The molecule has 13 heavy (non-hydrogen) atoms. The number of thiazole rings is 1. The molecule has 1 N–H and O–H groups in total. The Kier molecular flexibility index (Phi) is 4.70. The summed E-state index contributed by atoms with van der Waals surface area (Å²) in [5, 5.41) is 6.60. The quantitative estimate of drug-likeness (QED) is 0.769. The molecule has 1 aromatic rings. The number of alkyl halides is 1. The van der Waals surface area contributed by atoms with Crippen molar-refractivity contribution in [3.8, 4) is 0 Å². The van der Waals surface area contributed by atoms with Crippen molar-refractivity contribution in [2.75, 3.05) is 6.54 Å². The van der Waals surface area contributed by atoms with Crippen LogP contribution in [-0.2, 0) is 6.54 Å². The first-order chi connectivity index (χ1) is 6.20. The molecule has 0 amide bonds. The topological polar surface area (TPSA) is 24.9 Å². The zero-order chi connectivity index (χ0) is 9.68. The molecule has 0 fully saturated rings. The summed E-state index contributed by atoms with van der Waals surface area (Å²) in [7, 11) is 0. The van der Waals surface area contributed by atoms with Gasteiger partial charge in [0.05, 0.1) is 0 Å². The van der Waals surface area contributed by atoms with E-state index in [9.17, 15) is 0 Å². The fraction of sp³-hybridized carbons (Fsp3) is 0.667. The lowest BCUT2D eigenvalue weighted by molar-refractivity contribution is 0.545. The first-order valence-corrected chi connectivity index (χ1v) is 5.75. The lowest BCUT2D eigenvalue weighted by Crippen LogP contribution is -2.26. The highest BCUT2D eigenvalue weighted by molar-refractivity contribution is 7.09. The van der Waals surface area contributed by atoms with Gasteiger partial charge in [0.2, 0.25) is 0 Å². The Morgan fingerprint density at radius 1 is 1.62 bits per heavy atom. The Morgan fingerprint density at radius 2 is 2.38 bits per heavy atom. The van der Waals surface area contributed by atoms with Gasteiger partial charge in [-0.05, 0) is 5.92 Å². The summed E-state index contributed by atoms with van der Waals surface area (Å²) in [6.07, 6.45) is 1.82. The van der Waals surface area contributed by atoms with Gasteiger partial charge in [-0.2, -0.15) is 0 Å². The van der Waals surface area contributed by atoms with Gasteiger partial charge < -0.3 is 5.32 Å². The van der Waals surface area contributed by atoms with Crippen LogP contribution in [0.25, 0.3) is 0 Å². The molecule has 0 spiro atoms. The molecular weight excluding hydrogens is 204 g/mol. The number of aromatic nitrogens is 1. The highest BCUT2D eigenvalue weighted by Crippen LogP contribution is 2.08. The average molecular weight is 219 g/mol. The van der Waals surface area contributed by atoms with E-state index in [4.69, 9.17) is 11.6 Å². The third-order valence-corrected chi connectivity index (χ3v) is 3.26. The van der Waals surface area contributed by atoms with Gasteiger partial charge in [0.25, 0.3) is 0 Å². The van der Waals surface area contributed by atoms with Crippen LogP contribution >= 0.6 is 22.9 Å². The molecule has 0 aliphatic carbocycles. The predicted molar refractivity (Wildman–Crippen MR) is 58.3 cm³/mol. The molecule has 0 aliphatic rings. The molecule has 1 unspecified atom stereocenters. The minimum absolute atomic E-state index is 0.208. The Labute approximate surface area is 88.3 Å². The monoisotopic (exact) mass is 218 g/mol. The molecule has 1 rings (SSSR count). The second-order valence-corrected chi connectivity index (χ2v) is 4.86. The molecule has 0 aliphatic heterocycles. The molecule has 0 saturated heterocycles. The molecule has 1 atom stereocenters. The zero-order valence-corrected chi connectivity index (χ0v) is 9.53. The molecule has 74 valence electrons. The first kappa shape index (κ1) is 11.0. The van der Waals surface area contributed by atoms with Crippen LogP contribution in [0.3, 0.4) is 0 Å². The van der Waals surface area contributed by atoms with Crippen LogP contribution in [-0.4, -0.2) is 16.9 Å². The van der Waals surface area contributed by atoms with Crippen molar-refractivity contribution in [3.63, 3.8) is 0 Å². The summed E-state index contributed by atoms with van der Waals surface area (Å²) in [5.74, 6) is 0.519. The summed E-state index contributed by atoms with van der Waals surface area (Å²) in [6.45, 7) is 5.93. The van der Waals surface area contributed by atoms with Crippen LogP contribution in [0, 0.1) is 5.92 Å². The largest absolute Gasteiger partial charge is 0.309 e. The summed E-state index contributed by atoms with van der Waals surface area (Å²) < 4.78 is 0. The average Bonchev–Trinajstić information content (AvgIpc) is 2.56. The summed E-state index contributed by atoms with van der Waals surface area (Å²) in [5.41, 5.74) is 0. The first-order valence-electron chi connectivity index (χ1n) is 4.43. The van der Waals surface area contributed by atoms with Crippen LogP contribution in [0.15, 0.2) is 11.6 Å². The van der Waals surface area contributed by atoms with Gasteiger partial charge in [0.15, 0.2) is 0 Å². The Hall–Kier alpha value is -0.120. The van der Waals surface area contributed by atoms with Crippen LogP contribution in [0.5, 0.6) is 0 Å². The third-order valence-electron chi connectivity index (χ3n) is 1.82. The van der Waals surface area contributed by atoms with Gasteiger partial charge in [-0.3, -0.25) is 0 Å². The number of halogens is 1. The Morgan fingerprint density at radius 3 is 2.92 bits per heavy atom. The van der Waals surface area contributed by atoms with Crippen molar-refractivity contribution in [2.45, 2.75) is 25.8 Å². The van der Waals surface area contributed by atoms with E-state index < -0.39 is 0 Å². The van der Waals surface area contributed by atoms with E-state index in [1.807, 2.05) is 11.6 Å². The maximum Gasteiger partial charge on any atom is 0.106 e. The molecule has 2 nitrogen and oxygen atoms in total. The van der Waals surface area contributed by atoms with Gasteiger partial charge >= 0.3 is 0 Å². The minimum atomic E-state index is 0.208. The fourth-order valence-corrected chi connectivity index (χ4v) is 1.59. The second-order valence-electron chi connectivity index (χ2n) is 3.32. The van der Waals surface area contributed by atoms with Crippen molar-refractivity contribution in [1.29, 1.82) is 0 Å². The van der Waals surface area contributed by atoms with Crippen molar-refractivity contribution in [1.82, 2.24) is 10.3 Å². The van der Waals surface area contributed by atoms with E-state index >= 15 is 0 Å². The summed E-state index contributed by atoms with van der Waals surface area (Å²) in [4.78, 5) is 4.17. The number of hydrogen-bond donors (Lipinski definition) is 1. The second kappa shape index (κ2) is 5.58. The molecule has 0 radical (unpaired) electrons. The number of nitrogens with one attached hydrogen (secondary N) is 1. The summed E-state index contributed by atoms with van der Waals surface area (Å²) in [6, 6.07) is 0. The lowest BCUT2D eigenvalue weighted by atomic mass is 10.1. The van der Waals surface area contributed by atoms with Gasteiger partial charge in [0, 0.05) is 30.0 Å². The van der Waals surface area contributed by atoms with Crippen molar-refractivity contribution in [3.05, 3.63) is 16.6 Å². The SMILES string of the molecule is CC(C)C(Cl)CNCc1nccs1. The van der Waals surface area contributed by atoms with Crippen molar-refractivity contribution in [2.24, 2.45) is 5.92 Å². The van der Waals surface area contributed by atoms with Crippen molar-refractivity contribution < 1.29 is 0 Å². The molecule has 1 heterocycles. The number of rotatable bonds is 5. The molecule has 1 aromatic heterocycles. The van der Waals surface area contributed by atoms with E-state index in [1.54, 1.807) is 11.3 Å². The maximum absolute atomic E-state index is 6.08. The van der Waals surface area contributed by atoms with Crippen LogP contribution in [0.4, 0.5) is 0 Å². The van der Waals surface area contributed by atoms with E-state index in [-0.39, 0.29) is 5.38 Å². The maximum atomic E-state index is 6.08. The normalized spacial score (nSPS) is 13.5. The van der Waals surface area contributed by atoms with E-state index in [0.717, 1.165) is 18.1 Å². The van der Waals surface area contributed by atoms with E-state index in [2.05, 4.69) is 24.1 Å². The van der Waals surface area contributed by atoms with Gasteiger partial charge in [-0.25, -0.2) is 4.98 Å². The third kappa shape index (κ3) is 4.07. The van der Waals surface area contributed by atoms with Crippen LogP contribution in [0.2, 0.25) is 0 Å². The van der Waals surface area contributed by atoms with E-state index in [1.165, 1.54) is 0 Å². The Bertz CT molecular complexity index is 224. The van der Waals surface area contributed by atoms with Crippen LogP contribution < -0.4 is 5.32 Å². The van der Waals surface area contributed by atoms with E-state index in [0.29, 0.717) is 5.92 Å². The highest BCUT2D eigenvalue weighted by Gasteiger charge is 2.08. The zero-order valence-electron chi connectivity index (χ0n) is 7.96. The molecule has 0 saturated carbocycles. The van der Waals surface area contributed by atoms with Gasteiger partial charge in [-0.1, -0.05) is 13.8 Å². The molecule has 0 bridgehead atoms. The van der Waals surface area contributed by atoms with Crippen molar-refractivity contribution >= 4 is 22.9 Å². The molecule has 0 aromatic carbocycles. The lowest BCUT2D eigenvalue weighted by Gasteiger charge is -2.13. The Balaban J connectivity index is 2.14. The molecule has 4 heteroatoms. The fourth-order valence-electron chi connectivity index (χ4n) is 0.893. The highest BCUT2D eigenvalue weighted by atomic mass is 35.5. The smallest absolute Gasteiger partial charge is 0.106 e. The predicted octanol–water partition coefficient (Wildman–Crippen LogP) is 2.50. The van der Waals surface area contributed by atoms with Gasteiger partial charge in [-0.15, -0.1) is 22.9 Å². The standard InChI is InChI=1S/C9H15ClN2S/c1-7(2)8(10)5-11-6-9-12-3-4-13-9/h3-4,7-8,11H,5-6H2,1-2H3. The molecular formula is C9H15ClN2S.